The Morgan fingerprint density at radius 2 is 1.74 bits per heavy atom. The minimum absolute atomic E-state index is 0.179. The number of amides is 1. The normalized spacial score (nSPS) is 10.8. The van der Waals surface area contributed by atoms with E-state index in [1.807, 2.05) is 54.6 Å². The first kappa shape index (κ1) is 20.5. The second-order valence-electron chi connectivity index (χ2n) is 7.11. The van der Waals surface area contributed by atoms with Crippen molar-refractivity contribution >= 4 is 22.7 Å². The van der Waals surface area contributed by atoms with Crippen LogP contribution in [0.3, 0.4) is 0 Å². The number of benzene rings is 3. The van der Waals surface area contributed by atoms with E-state index in [1.54, 1.807) is 19.2 Å². The molecule has 6 heteroatoms. The number of hydrogen-bond acceptors (Lipinski definition) is 5. The van der Waals surface area contributed by atoms with Crippen molar-refractivity contribution in [3.63, 3.8) is 0 Å². The summed E-state index contributed by atoms with van der Waals surface area (Å²) in [4.78, 5) is 17.0. The average Bonchev–Trinajstić information content (AvgIpc) is 3.23. The van der Waals surface area contributed by atoms with Crippen molar-refractivity contribution < 1.29 is 18.7 Å². The van der Waals surface area contributed by atoms with Crippen LogP contribution in [0.25, 0.3) is 22.6 Å². The summed E-state index contributed by atoms with van der Waals surface area (Å²) in [7, 11) is 1.62. The van der Waals surface area contributed by atoms with Crippen molar-refractivity contribution in [2.75, 3.05) is 19.0 Å². The molecule has 4 rings (SSSR count). The number of nitrogens with one attached hydrogen (secondary N) is 1. The van der Waals surface area contributed by atoms with Gasteiger partial charge in [0.25, 0.3) is 5.91 Å². The maximum absolute atomic E-state index is 12.5. The highest BCUT2D eigenvalue weighted by atomic mass is 16.5. The van der Waals surface area contributed by atoms with Gasteiger partial charge in [-0.05, 0) is 67.1 Å². The van der Waals surface area contributed by atoms with Crippen LogP contribution in [-0.2, 0) is 0 Å². The van der Waals surface area contributed by atoms with Gasteiger partial charge < -0.3 is 19.2 Å². The number of hydrogen-bond donors (Lipinski definition) is 1. The van der Waals surface area contributed by atoms with E-state index in [-0.39, 0.29) is 5.91 Å². The van der Waals surface area contributed by atoms with Crippen molar-refractivity contribution in [2.45, 2.75) is 19.8 Å². The Balaban J connectivity index is 1.42. The number of carbonyl (C=O) groups is 1. The smallest absolute Gasteiger partial charge is 0.255 e. The summed E-state index contributed by atoms with van der Waals surface area (Å²) in [6, 6.07) is 20.0. The van der Waals surface area contributed by atoms with Crippen molar-refractivity contribution in [1.82, 2.24) is 4.98 Å². The van der Waals surface area contributed by atoms with Crippen LogP contribution in [0, 0.1) is 0 Å². The number of aromatic nitrogens is 1. The largest absolute Gasteiger partial charge is 0.497 e. The van der Waals surface area contributed by atoms with Gasteiger partial charge in [-0.1, -0.05) is 13.3 Å². The number of anilines is 1. The summed E-state index contributed by atoms with van der Waals surface area (Å²) in [6.07, 6.45) is 2.09. The zero-order valence-electron chi connectivity index (χ0n) is 17.6. The molecule has 0 unspecified atom stereocenters. The lowest BCUT2D eigenvalue weighted by Gasteiger charge is -2.08. The minimum Gasteiger partial charge on any atom is -0.497 e. The van der Waals surface area contributed by atoms with Crippen LogP contribution in [0.5, 0.6) is 11.5 Å². The quantitative estimate of drug-likeness (QED) is 0.360. The molecule has 0 saturated heterocycles. The van der Waals surface area contributed by atoms with Crippen LogP contribution in [-0.4, -0.2) is 24.6 Å². The zero-order chi connectivity index (χ0) is 21.6. The van der Waals surface area contributed by atoms with E-state index in [1.165, 1.54) is 0 Å². The number of rotatable bonds is 8. The van der Waals surface area contributed by atoms with E-state index >= 15 is 0 Å². The van der Waals surface area contributed by atoms with Gasteiger partial charge in [0.15, 0.2) is 5.58 Å². The van der Waals surface area contributed by atoms with Crippen molar-refractivity contribution in [3.05, 3.63) is 72.3 Å². The minimum atomic E-state index is -0.179. The zero-order valence-corrected chi connectivity index (χ0v) is 17.6. The Hall–Kier alpha value is -3.80. The summed E-state index contributed by atoms with van der Waals surface area (Å²) in [5.41, 5.74) is 3.50. The van der Waals surface area contributed by atoms with E-state index in [2.05, 4.69) is 17.2 Å². The Kier molecular flexibility index (Phi) is 6.17. The van der Waals surface area contributed by atoms with Crippen LogP contribution >= 0.6 is 0 Å². The molecule has 0 atom stereocenters. The molecule has 3 aromatic carbocycles. The number of unbranched alkanes of at least 4 members (excludes halogenated alkanes) is 1. The first-order valence-electron chi connectivity index (χ1n) is 10.3. The molecule has 0 spiro atoms. The highest BCUT2D eigenvalue weighted by Crippen LogP contribution is 2.27. The molecule has 1 heterocycles. The van der Waals surface area contributed by atoms with Gasteiger partial charge in [-0.2, -0.15) is 0 Å². The van der Waals surface area contributed by atoms with E-state index < -0.39 is 0 Å². The predicted molar refractivity (Wildman–Crippen MR) is 121 cm³/mol. The lowest BCUT2D eigenvalue weighted by atomic mass is 10.1. The number of methoxy groups -OCH3 is 1. The molecular formula is C25H24N2O4. The van der Waals surface area contributed by atoms with Gasteiger partial charge in [0.05, 0.1) is 13.7 Å². The van der Waals surface area contributed by atoms with E-state index in [9.17, 15) is 4.79 Å². The molecule has 1 N–H and O–H groups in total. The molecule has 0 aliphatic rings. The Morgan fingerprint density at radius 3 is 2.45 bits per heavy atom. The Labute approximate surface area is 180 Å². The number of fused-ring (bicyclic) bond motifs is 1. The summed E-state index contributed by atoms with van der Waals surface area (Å²) in [6.45, 7) is 2.80. The molecule has 0 bridgehead atoms. The van der Waals surface area contributed by atoms with E-state index in [4.69, 9.17) is 13.9 Å². The van der Waals surface area contributed by atoms with Crippen molar-refractivity contribution in [2.24, 2.45) is 0 Å². The summed E-state index contributed by atoms with van der Waals surface area (Å²) >= 11 is 0. The number of oxazole rings is 1. The van der Waals surface area contributed by atoms with Crippen LogP contribution in [0.1, 0.15) is 30.1 Å². The predicted octanol–water partition coefficient (Wildman–Crippen LogP) is 5.93. The monoisotopic (exact) mass is 416 g/mol. The maximum atomic E-state index is 12.5. The molecule has 4 aromatic rings. The lowest BCUT2D eigenvalue weighted by Crippen LogP contribution is -2.11. The third kappa shape index (κ3) is 4.86. The molecule has 6 nitrogen and oxygen atoms in total. The molecule has 0 radical (unpaired) electrons. The van der Waals surface area contributed by atoms with Gasteiger partial charge in [0, 0.05) is 22.9 Å². The van der Waals surface area contributed by atoms with E-state index in [0.29, 0.717) is 29.3 Å². The van der Waals surface area contributed by atoms with Gasteiger partial charge >= 0.3 is 0 Å². The van der Waals surface area contributed by atoms with Crippen LogP contribution < -0.4 is 14.8 Å². The fourth-order valence-electron chi connectivity index (χ4n) is 3.09. The second-order valence-corrected chi connectivity index (χ2v) is 7.11. The molecule has 0 aliphatic carbocycles. The molecule has 0 saturated carbocycles. The highest BCUT2D eigenvalue weighted by molar-refractivity contribution is 6.04. The summed E-state index contributed by atoms with van der Waals surface area (Å²) in [5.74, 6) is 1.83. The fraction of sp³-hybridized carbons (Fsp3) is 0.200. The van der Waals surface area contributed by atoms with Gasteiger partial charge in [-0.25, -0.2) is 4.98 Å². The van der Waals surface area contributed by atoms with Gasteiger partial charge in [0.1, 0.15) is 17.0 Å². The second kappa shape index (κ2) is 9.34. The maximum Gasteiger partial charge on any atom is 0.255 e. The van der Waals surface area contributed by atoms with E-state index in [0.717, 1.165) is 35.4 Å². The number of ether oxygens (including phenoxy) is 2. The molecule has 158 valence electrons. The first-order chi connectivity index (χ1) is 15.2. The molecule has 1 amide bonds. The highest BCUT2D eigenvalue weighted by Gasteiger charge is 2.11. The molecule has 0 fully saturated rings. The Bertz CT molecular complexity index is 1160. The third-order valence-corrected chi connectivity index (χ3v) is 4.87. The van der Waals surface area contributed by atoms with Crippen LogP contribution in [0.4, 0.5) is 5.69 Å². The molecular weight excluding hydrogens is 392 g/mol. The average molecular weight is 416 g/mol. The molecule has 0 aliphatic heterocycles. The fourth-order valence-corrected chi connectivity index (χ4v) is 3.09. The van der Waals surface area contributed by atoms with Crippen molar-refractivity contribution in [1.29, 1.82) is 0 Å². The lowest BCUT2D eigenvalue weighted by molar-refractivity contribution is 0.102. The standard InChI is InChI=1S/C25H24N2O4/c1-3-4-15-30-20-11-7-17(8-12-20)24(28)26-19-9-5-18(6-10-19)25-27-22-16-21(29-2)13-14-23(22)31-25/h5-14,16H,3-4,15H2,1-2H3,(H,26,28). The summed E-state index contributed by atoms with van der Waals surface area (Å²) < 4.78 is 16.7. The molecule has 1 aromatic heterocycles. The summed E-state index contributed by atoms with van der Waals surface area (Å²) in [5, 5.41) is 2.90. The third-order valence-electron chi connectivity index (χ3n) is 4.87. The number of carbonyl (C=O) groups excluding carboxylic acids is 1. The topological polar surface area (TPSA) is 73.6 Å². The van der Waals surface area contributed by atoms with Gasteiger partial charge in [-0.15, -0.1) is 0 Å². The number of nitrogens with zero attached hydrogens (tertiary/aromatic N) is 1. The van der Waals surface area contributed by atoms with Crippen LogP contribution in [0.15, 0.2) is 71.1 Å². The first-order valence-corrected chi connectivity index (χ1v) is 10.3. The van der Waals surface area contributed by atoms with Gasteiger partial charge in [-0.3, -0.25) is 4.79 Å². The van der Waals surface area contributed by atoms with Crippen molar-refractivity contribution in [3.8, 4) is 23.0 Å². The SMILES string of the molecule is CCCCOc1ccc(C(=O)Nc2ccc(-c3nc4cc(OC)ccc4o3)cc2)cc1. The van der Waals surface area contributed by atoms with Gasteiger partial charge in [0.2, 0.25) is 5.89 Å². The van der Waals surface area contributed by atoms with Crippen LogP contribution in [0.2, 0.25) is 0 Å². The molecule has 31 heavy (non-hydrogen) atoms. The Morgan fingerprint density at radius 1 is 1.00 bits per heavy atom.